The summed E-state index contributed by atoms with van der Waals surface area (Å²) in [6.45, 7) is 4.02. The molecule has 0 spiro atoms. The smallest absolute Gasteiger partial charge is 0.243 e. The summed E-state index contributed by atoms with van der Waals surface area (Å²) in [6, 6.07) is 9.81. The summed E-state index contributed by atoms with van der Waals surface area (Å²) < 4.78 is 0. The summed E-state index contributed by atoms with van der Waals surface area (Å²) in [5.74, 6) is -0.233. The highest BCUT2D eigenvalue weighted by Crippen LogP contribution is 2.15. The van der Waals surface area contributed by atoms with Crippen LogP contribution in [0.15, 0.2) is 35.4 Å². The van der Waals surface area contributed by atoms with Crippen molar-refractivity contribution in [1.82, 2.24) is 15.2 Å². The van der Waals surface area contributed by atoms with E-state index in [2.05, 4.69) is 15.3 Å². The highest BCUT2D eigenvalue weighted by atomic mass is 16.2. The van der Waals surface area contributed by atoms with Gasteiger partial charge in [-0.3, -0.25) is 9.59 Å². The average Bonchev–Trinajstić information content (AvgIpc) is 2.68. The third-order valence-electron chi connectivity index (χ3n) is 4.93. The van der Waals surface area contributed by atoms with Crippen LogP contribution in [-0.2, 0) is 9.59 Å². The molecule has 6 nitrogen and oxygen atoms in total. The summed E-state index contributed by atoms with van der Waals surface area (Å²) in [5, 5.41) is 8.63. The van der Waals surface area contributed by atoms with Gasteiger partial charge in [-0.05, 0) is 44.5 Å². The predicted molar refractivity (Wildman–Crippen MR) is 102 cm³/mol. The molecule has 0 aliphatic carbocycles. The van der Waals surface area contributed by atoms with Gasteiger partial charge in [-0.25, -0.2) is 5.01 Å². The van der Waals surface area contributed by atoms with E-state index in [-0.39, 0.29) is 18.4 Å². The zero-order chi connectivity index (χ0) is 18.2. The molecule has 2 aliphatic rings. The Hall–Kier alpha value is -2.21. The first kappa shape index (κ1) is 18.6. The minimum absolute atomic E-state index is 0.00111. The lowest BCUT2D eigenvalue weighted by molar-refractivity contribution is -0.136. The molecule has 1 aromatic rings. The Kier molecular flexibility index (Phi) is 6.77. The number of hydrazone groups is 1. The first-order valence-electron chi connectivity index (χ1n) is 9.65. The maximum absolute atomic E-state index is 12.2. The molecule has 3 rings (SSSR count). The van der Waals surface area contributed by atoms with E-state index in [0.717, 1.165) is 24.2 Å². The highest BCUT2D eigenvalue weighted by Gasteiger charge is 2.23. The van der Waals surface area contributed by atoms with E-state index < -0.39 is 0 Å². The number of piperidine rings is 1. The zero-order valence-corrected chi connectivity index (χ0v) is 15.3. The fourth-order valence-electron chi connectivity index (χ4n) is 3.47. The van der Waals surface area contributed by atoms with Gasteiger partial charge in [0.2, 0.25) is 11.8 Å². The van der Waals surface area contributed by atoms with Crippen LogP contribution in [-0.4, -0.2) is 60.2 Å². The number of likely N-dealkylation sites (tertiary alicyclic amines) is 1. The lowest BCUT2D eigenvalue weighted by Crippen LogP contribution is -2.41. The van der Waals surface area contributed by atoms with E-state index in [1.54, 1.807) is 0 Å². The molecule has 0 saturated carbocycles. The van der Waals surface area contributed by atoms with Crippen molar-refractivity contribution in [3.8, 4) is 0 Å². The first-order valence-corrected chi connectivity index (χ1v) is 9.65. The number of amides is 2. The highest BCUT2D eigenvalue weighted by molar-refractivity contribution is 6.04. The van der Waals surface area contributed by atoms with Crippen LogP contribution in [0, 0.1) is 0 Å². The molecule has 2 amide bonds. The lowest BCUT2D eigenvalue weighted by Gasteiger charge is -2.26. The molecule has 0 atom stereocenters. The van der Waals surface area contributed by atoms with E-state index >= 15 is 0 Å². The van der Waals surface area contributed by atoms with E-state index in [0.29, 0.717) is 19.4 Å². The summed E-state index contributed by atoms with van der Waals surface area (Å²) in [5.41, 5.74) is 1.87. The molecule has 140 valence electrons. The van der Waals surface area contributed by atoms with Crippen molar-refractivity contribution in [1.29, 1.82) is 0 Å². The third-order valence-corrected chi connectivity index (χ3v) is 4.93. The fraction of sp³-hybridized carbons (Fsp3) is 0.550. The van der Waals surface area contributed by atoms with E-state index in [4.69, 9.17) is 0 Å². The Morgan fingerprint density at radius 2 is 1.85 bits per heavy atom. The van der Waals surface area contributed by atoms with Crippen molar-refractivity contribution in [2.24, 2.45) is 5.10 Å². The molecule has 1 fully saturated rings. The van der Waals surface area contributed by atoms with E-state index in [1.807, 2.05) is 30.3 Å². The Morgan fingerprint density at radius 3 is 2.62 bits per heavy atom. The van der Waals surface area contributed by atoms with Gasteiger partial charge in [0.25, 0.3) is 0 Å². The number of hydrogen-bond acceptors (Lipinski definition) is 4. The fourth-order valence-corrected chi connectivity index (χ4v) is 3.47. The number of rotatable bonds is 7. The van der Waals surface area contributed by atoms with Crippen molar-refractivity contribution < 1.29 is 9.59 Å². The molecule has 1 saturated heterocycles. The minimum atomic E-state index is -0.143. The standard InChI is InChI=1S/C20H28N4O2/c25-19(21-12-7-15-23-13-5-2-6-14-23)16-24-20(26)11-10-18(22-24)17-8-3-1-4-9-17/h1,3-4,8-9H,2,5-7,10-16H2,(H,21,25). The van der Waals surface area contributed by atoms with Crippen LogP contribution in [0.4, 0.5) is 0 Å². The summed E-state index contributed by atoms with van der Waals surface area (Å²) >= 11 is 0. The molecule has 2 heterocycles. The molecule has 6 heteroatoms. The minimum Gasteiger partial charge on any atom is -0.354 e. The Labute approximate surface area is 155 Å². The second-order valence-electron chi connectivity index (χ2n) is 6.97. The number of nitrogens with one attached hydrogen (secondary N) is 1. The van der Waals surface area contributed by atoms with Crippen molar-refractivity contribution in [2.75, 3.05) is 32.7 Å². The molecule has 0 bridgehead atoms. The van der Waals surface area contributed by atoms with Crippen molar-refractivity contribution in [3.63, 3.8) is 0 Å². The monoisotopic (exact) mass is 356 g/mol. The predicted octanol–water partition coefficient (Wildman–Crippen LogP) is 2.01. The summed E-state index contributed by atoms with van der Waals surface area (Å²) in [6.07, 6.45) is 5.87. The molecular weight excluding hydrogens is 328 g/mol. The van der Waals surface area contributed by atoms with Crippen LogP contribution >= 0.6 is 0 Å². The van der Waals surface area contributed by atoms with Crippen LogP contribution in [0.2, 0.25) is 0 Å². The zero-order valence-electron chi connectivity index (χ0n) is 15.3. The third kappa shape index (κ3) is 5.39. The van der Waals surface area contributed by atoms with Crippen LogP contribution in [0.3, 0.4) is 0 Å². The Morgan fingerprint density at radius 1 is 1.08 bits per heavy atom. The van der Waals surface area contributed by atoms with E-state index in [1.165, 1.54) is 37.4 Å². The number of hydrogen-bond donors (Lipinski definition) is 1. The van der Waals surface area contributed by atoms with E-state index in [9.17, 15) is 9.59 Å². The maximum atomic E-state index is 12.2. The summed E-state index contributed by atoms with van der Waals surface area (Å²) in [4.78, 5) is 26.7. The van der Waals surface area contributed by atoms with Gasteiger partial charge in [0.05, 0.1) is 5.71 Å². The average molecular weight is 356 g/mol. The van der Waals surface area contributed by atoms with Gasteiger partial charge in [-0.1, -0.05) is 36.8 Å². The SMILES string of the molecule is O=C(CN1N=C(c2ccccc2)CCC1=O)NCCCN1CCCCC1. The van der Waals surface area contributed by atoms with Crippen LogP contribution in [0.5, 0.6) is 0 Å². The molecule has 1 aromatic carbocycles. The van der Waals surface area contributed by atoms with Gasteiger partial charge in [-0.2, -0.15) is 5.10 Å². The molecule has 1 N–H and O–H groups in total. The van der Waals surface area contributed by atoms with Crippen LogP contribution < -0.4 is 5.32 Å². The number of benzene rings is 1. The van der Waals surface area contributed by atoms with Gasteiger partial charge >= 0.3 is 0 Å². The summed E-state index contributed by atoms with van der Waals surface area (Å²) in [7, 11) is 0. The van der Waals surface area contributed by atoms with Gasteiger partial charge < -0.3 is 10.2 Å². The molecule has 0 aromatic heterocycles. The lowest BCUT2D eigenvalue weighted by atomic mass is 10.0. The Balaban J connectivity index is 1.44. The first-order chi connectivity index (χ1) is 12.7. The second kappa shape index (κ2) is 9.48. The van der Waals surface area contributed by atoms with Crippen LogP contribution in [0.25, 0.3) is 0 Å². The maximum Gasteiger partial charge on any atom is 0.243 e. The van der Waals surface area contributed by atoms with Crippen LogP contribution in [0.1, 0.15) is 44.1 Å². The number of carbonyl (C=O) groups is 2. The van der Waals surface area contributed by atoms with Crippen molar-refractivity contribution in [3.05, 3.63) is 35.9 Å². The second-order valence-corrected chi connectivity index (χ2v) is 6.97. The number of nitrogens with zero attached hydrogens (tertiary/aromatic N) is 3. The van der Waals surface area contributed by atoms with Gasteiger partial charge in [-0.15, -0.1) is 0 Å². The van der Waals surface area contributed by atoms with Crippen molar-refractivity contribution in [2.45, 2.75) is 38.5 Å². The number of carbonyl (C=O) groups excluding carboxylic acids is 2. The Bertz CT molecular complexity index is 638. The molecular formula is C20H28N4O2. The quantitative estimate of drug-likeness (QED) is 0.760. The van der Waals surface area contributed by atoms with Gasteiger partial charge in [0.15, 0.2) is 0 Å². The van der Waals surface area contributed by atoms with Crippen molar-refractivity contribution >= 4 is 17.5 Å². The molecule has 0 unspecified atom stereocenters. The molecule has 2 aliphatic heterocycles. The molecule has 26 heavy (non-hydrogen) atoms. The van der Waals surface area contributed by atoms with Gasteiger partial charge in [0.1, 0.15) is 6.54 Å². The topological polar surface area (TPSA) is 65.0 Å². The molecule has 0 radical (unpaired) electrons. The largest absolute Gasteiger partial charge is 0.354 e. The normalized spacial score (nSPS) is 18.5. The van der Waals surface area contributed by atoms with Gasteiger partial charge in [0, 0.05) is 19.4 Å².